The van der Waals surface area contributed by atoms with Crippen molar-refractivity contribution in [3.63, 3.8) is 0 Å². The van der Waals surface area contributed by atoms with Crippen LogP contribution >= 0.6 is 23.5 Å². The van der Waals surface area contributed by atoms with Crippen LogP contribution in [0.4, 0.5) is 5.69 Å². The van der Waals surface area contributed by atoms with Gasteiger partial charge in [-0.1, -0.05) is 0 Å². The molecule has 0 bridgehead atoms. The second-order valence-electron chi connectivity index (χ2n) is 4.37. The Morgan fingerprint density at radius 1 is 1.43 bits per heavy atom. The van der Waals surface area contributed by atoms with Gasteiger partial charge in [0.25, 0.3) is 5.69 Å². The van der Waals surface area contributed by atoms with Gasteiger partial charge in [-0.25, -0.2) is 0 Å². The lowest BCUT2D eigenvalue weighted by atomic mass is 10.3. The fraction of sp³-hybridized carbons (Fsp3) is 0.462. The average Bonchev–Trinajstić information content (AvgIpc) is 2.53. The maximum Gasteiger partial charge on any atom is 0.284 e. The third-order valence-electron chi connectivity index (χ3n) is 3.08. The van der Waals surface area contributed by atoms with Gasteiger partial charge in [-0.05, 0) is 18.4 Å². The summed E-state index contributed by atoms with van der Waals surface area (Å²) in [6, 6.07) is 5.09. The van der Waals surface area contributed by atoms with E-state index in [0.29, 0.717) is 31.2 Å². The Kier molecular flexibility index (Phi) is 5.89. The molecule has 6 nitrogen and oxygen atoms in total. The van der Waals surface area contributed by atoms with Crippen molar-refractivity contribution in [2.24, 2.45) is 0 Å². The van der Waals surface area contributed by atoms with Crippen molar-refractivity contribution in [3.8, 4) is 0 Å². The minimum atomic E-state index is -0.402. The van der Waals surface area contributed by atoms with Gasteiger partial charge in [-0.3, -0.25) is 14.9 Å². The second kappa shape index (κ2) is 7.67. The molecular formula is C13H16N2O4S2. The number of hydrogen-bond acceptors (Lipinski definition) is 6. The van der Waals surface area contributed by atoms with Crippen LogP contribution in [0.2, 0.25) is 0 Å². The molecule has 8 heteroatoms. The van der Waals surface area contributed by atoms with Gasteiger partial charge in [0.15, 0.2) is 0 Å². The van der Waals surface area contributed by atoms with E-state index in [1.807, 2.05) is 12.3 Å². The average molecular weight is 328 g/mol. The molecule has 21 heavy (non-hydrogen) atoms. The predicted molar refractivity (Wildman–Crippen MR) is 83.0 cm³/mol. The number of carbonyl (C=O) groups is 1. The third kappa shape index (κ3) is 4.36. The van der Waals surface area contributed by atoms with E-state index in [0.717, 1.165) is 4.90 Å². The first-order valence-electron chi connectivity index (χ1n) is 6.42. The largest absolute Gasteiger partial charge is 0.378 e. The zero-order valence-corrected chi connectivity index (χ0v) is 13.2. The molecule has 0 radical (unpaired) electrons. The van der Waals surface area contributed by atoms with E-state index in [4.69, 9.17) is 4.74 Å². The van der Waals surface area contributed by atoms with Crippen LogP contribution in [0.5, 0.6) is 0 Å². The minimum absolute atomic E-state index is 0.00783. The highest BCUT2D eigenvalue weighted by Crippen LogP contribution is 2.32. The quantitative estimate of drug-likeness (QED) is 0.469. The number of nitro benzene ring substituents is 1. The molecule has 0 atom stereocenters. The number of morpholine rings is 1. The van der Waals surface area contributed by atoms with Gasteiger partial charge in [0.2, 0.25) is 5.91 Å². The van der Waals surface area contributed by atoms with Crippen LogP contribution in [0.3, 0.4) is 0 Å². The van der Waals surface area contributed by atoms with Crippen LogP contribution in [-0.2, 0) is 9.53 Å². The van der Waals surface area contributed by atoms with Crippen molar-refractivity contribution in [2.75, 3.05) is 38.3 Å². The van der Waals surface area contributed by atoms with Gasteiger partial charge in [-0.2, -0.15) is 0 Å². The van der Waals surface area contributed by atoms with E-state index >= 15 is 0 Å². The van der Waals surface area contributed by atoms with Crippen LogP contribution in [0.25, 0.3) is 0 Å². The number of nitrogens with zero attached hydrogens (tertiary/aromatic N) is 2. The number of rotatable bonds is 5. The fourth-order valence-corrected chi connectivity index (χ4v) is 3.27. The first kappa shape index (κ1) is 16.1. The predicted octanol–water partition coefficient (Wildman–Crippen LogP) is 2.27. The summed E-state index contributed by atoms with van der Waals surface area (Å²) in [6.45, 7) is 2.29. The molecule has 0 unspecified atom stereocenters. The van der Waals surface area contributed by atoms with Gasteiger partial charge < -0.3 is 9.64 Å². The summed E-state index contributed by atoms with van der Waals surface area (Å²) >= 11 is 2.67. The summed E-state index contributed by atoms with van der Waals surface area (Å²) in [6.07, 6.45) is 1.87. The summed E-state index contributed by atoms with van der Waals surface area (Å²) in [5.41, 5.74) is 0.0571. The maximum atomic E-state index is 12.1. The molecule has 0 N–H and O–H groups in total. The van der Waals surface area contributed by atoms with E-state index in [9.17, 15) is 14.9 Å². The number of hydrogen-bond donors (Lipinski definition) is 0. The number of carbonyl (C=O) groups excluding carboxylic acids is 1. The van der Waals surface area contributed by atoms with Gasteiger partial charge in [0, 0.05) is 24.1 Å². The molecule has 0 aromatic heterocycles. The van der Waals surface area contributed by atoms with Crippen LogP contribution < -0.4 is 0 Å². The van der Waals surface area contributed by atoms with E-state index in [1.165, 1.54) is 23.5 Å². The molecule has 1 aromatic rings. The van der Waals surface area contributed by atoms with Crippen LogP contribution in [0, 0.1) is 10.1 Å². The smallest absolute Gasteiger partial charge is 0.284 e. The summed E-state index contributed by atoms with van der Waals surface area (Å²) in [4.78, 5) is 25.9. The van der Waals surface area contributed by atoms with E-state index in [2.05, 4.69) is 0 Å². The third-order valence-corrected chi connectivity index (χ3v) is 4.85. The maximum absolute atomic E-state index is 12.1. The van der Waals surface area contributed by atoms with Crippen molar-refractivity contribution < 1.29 is 14.5 Å². The Morgan fingerprint density at radius 2 is 2.14 bits per heavy atom. The van der Waals surface area contributed by atoms with Crippen LogP contribution in [-0.4, -0.2) is 54.0 Å². The Hall–Kier alpha value is -1.25. The summed E-state index contributed by atoms with van der Waals surface area (Å²) in [7, 11) is 0. The molecular weight excluding hydrogens is 312 g/mol. The highest BCUT2D eigenvalue weighted by Gasteiger charge is 2.20. The molecule has 0 aliphatic carbocycles. The standard InChI is InChI=1S/C13H16N2O4S2/c1-20-10-2-3-12(11(8-10)15(17)18)21-9-13(16)14-4-6-19-7-5-14/h2-3,8H,4-7,9H2,1H3. The zero-order chi connectivity index (χ0) is 15.2. The Balaban J connectivity index is 2.02. The zero-order valence-electron chi connectivity index (χ0n) is 11.6. The Labute approximate surface area is 131 Å². The topological polar surface area (TPSA) is 72.7 Å². The normalized spacial score (nSPS) is 15.0. The van der Waals surface area contributed by atoms with E-state index in [-0.39, 0.29) is 17.3 Å². The molecule has 0 spiro atoms. The number of nitro groups is 1. The van der Waals surface area contributed by atoms with Gasteiger partial charge >= 0.3 is 0 Å². The van der Waals surface area contributed by atoms with Crippen LogP contribution in [0.1, 0.15) is 0 Å². The molecule has 0 saturated carbocycles. The van der Waals surface area contributed by atoms with Crippen molar-refractivity contribution in [3.05, 3.63) is 28.3 Å². The number of benzene rings is 1. The minimum Gasteiger partial charge on any atom is -0.378 e. The van der Waals surface area contributed by atoms with Crippen molar-refractivity contribution in [1.29, 1.82) is 0 Å². The number of ether oxygens (including phenoxy) is 1. The SMILES string of the molecule is CSc1ccc(SCC(=O)N2CCOCC2)c([N+](=O)[O-])c1. The summed E-state index contributed by atoms with van der Waals surface area (Å²) in [5.74, 6) is 0.200. The highest BCUT2D eigenvalue weighted by molar-refractivity contribution is 8.00. The van der Waals surface area contributed by atoms with Gasteiger partial charge in [0.05, 0.1) is 28.8 Å². The first-order valence-corrected chi connectivity index (χ1v) is 8.63. The molecule has 1 aromatic carbocycles. The van der Waals surface area contributed by atoms with Gasteiger partial charge in [0.1, 0.15) is 0 Å². The molecule has 1 aliphatic heterocycles. The van der Waals surface area contributed by atoms with E-state index < -0.39 is 4.92 Å². The van der Waals surface area contributed by atoms with Crippen molar-refractivity contribution in [2.45, 2.75) is 9.79 Å². The first-order chi connectivity index (χ1) is 10.1. The molecule has 2 rings (SSSR count). The molecule has 1 fully saturated rings. The molecule has 1 aliphatic rings. The van der Waals surface area contributed by atoms with Crippen LogP contribution in [0.15, 0.2) is 28.0 Å². The molecule has 1 saturated heterocycles. The van der Waals surface area contributed by atoms with Crippen molar-refractivity contribution >= 4 is 35.1 Å². The lowest BCUT2D eigenvalue weighted by molar-refractivity contribution is -0.387. The Bertz CT molecular complexity index is 533. The lowest BCUT2D eigenvalue weighted by Gasteiger charge is -2.26. The number of amides is 1. The van der Waals surface area contributed by atoms with Crippen molar-refractivity contribution in [1.82, 2.24) is 4.90 Å². The second-order valence-corrected chi connectivity index (χ2v) is 6.27. The van der Waals surface area contributed by atoms with E-state index in [1.54, 1.807) is 17.0 Å². The fourth-order valence-electron chi connectivity index (χ4n) is 1.93. The monoisotopic (exact) mass is 328 g/mol. The molecule has 1 amide bonds. The summed E-state index contributed by atoms with van der Waals surface area (Å²) < 4.78 is 5.20. The molecule has 1 heterocycles. The van der Waals surface area contributed by atoms with Gasteiger partial charge in [-0.15, -0.1) is 23.5 Å². The Morgan fingerprint density at radius 3 is 2.76 bits per heavy atom. The highest BCUT2D eigenvalue weighted by atomic mass is 32.2. The molecule has 114 valence electrons. The lowest BCUT2D eigenvalue weighted by Crippen LogP contribution is -2.41. The summed E-state index contributed by atoms with van der Waals surface area (Å²) in [5, 5.41) is 11.1. The number of thioether (sulfide) groups is 2.